The Bertz CT molecular complexity index is 546. The van der Waals surface area contributed by atoms with E-state index in [0.29, 0.717) is 16.9 Å². The second-order valence-corrected chi connectivity index (χ2v) is 7.38. The van der Waals surface area contributed by atoms with E-state index in [2.05, 4.69) is 20.7 Å². The fraction of sp³-hybridized carbons (Fsp3) is 0.455. The summed E-state index contributed by atoms with van der Waals surface area (Å²) in [6.45, 7) is 0.301. The third kappa shape index (κ3) is 3.24. The van der Waals surface area contributed by atoms with Gasteiger partial charge in [0.25, 0.3) is 0 Å². The number of halogens is 2. The molecule has 4 nitrogen and oxygen atoms in total. The molecule has 1 unspecified atom stereocenters. The zero-order chi connectivity index (χ0) is 13.3. The predicted octanol–water partition coefficient (Wildman–Crippen LogP) is 2.12. The topological polar surface area (TPSA) is 72.2 Å². The van der Waals surface area contributed by atoms with E-state index in [0.717, 1.165) is 12.8 Å². The van der Waals surface area contributed by atoms with Crippen LogP contribution < -0.4 is 10.5 Å². The highest BCUT2D eigenvalue weighted by atomic mass is 79.9. The molecule has 18 heavy (non-hydrogen) atoms. The van der Waals surface area contributed by atoms with Crippen LogP contribution in [-0.2, 0) is 10.0 Å². The molecule has 0 spiro atoms. The molecular formula is C11H14BrClN2O2S. The molecule has 0 saturated heterocycles. The summed E-state index contributed by atoms with van der Waals surface area (Å²) < 4.78 is 27.8. The summed E-state index contributed by atoms with van der Waals surface area (Å²) in [6.07, 6.45) is 2.05. The van der Waals surface area contributed by atoms with Gasteiger partial charge in [0.2, 0.25) is 10.0 Å². The molecule has 100 valence electrons. The molecule has 0 aliphatic heterocycles. The highest BCUT2D eigenvalue weighted by Crippen LogP contribution is 2.33. The first kappa shape index (κ1) is 14.3. The molecule has 1 aliphatic carbocycles. The molecule has 0 aromatic heterocycles. The second-order valence-electron chi connectivity index (χ2n) is 4.38. The lowest BCUT2D eigenvalue weighted by Crippen LogP contribution is -2.41. The van der Waals surface area contributed by atoms with Crippen molar-refractivity contribution in [3.05, 3.63) is 27.7 Å². The molecule has 3 N–H and O–H groups in total. The van der Waals surface area contributed by atoms with Gasteiger partial charge in [0.05, 0.1) is 5.02 Å². The van der Waals surface area contributed by atoms with Crippen LogP contribution in [0.2, 0.25) is 5.02 Å². The highest BCUT2D eigenvalue weighted by molar-refractivity contribution is 9.10. The summed E-state index contributed by atoms with van der Waals surface area (Å²) in [5, 5.41) is 0.206. The Morgan fingerprint density at radius 3 is 2.72 bits per heavy atom. The van der Waals surface area contributed by atoms with Gasteiger partial charge in [0.15, 0.2) is 0 Å². The summed E-state index contributed by atoms with van der Waals surface area (Å²) in [5.41, 5.74) is 5.60. The van der Waals surface area contributed by atoms with E-state index in [1.54, 1.807) is 12.1 Å². The van der Waals surface area contributed by atoms with Crippen molar-refractivity contribution < 1.29 is 8.42 Å². The van der Waals surface area contributed by atoms with E-state index in [4.69, 9.17) is 17.3 Å². The van der Waals surface area contributed by atoms with Crippen LogP contribution in [0.3, 0.4) is 0 Å². The summed E-state index contributed by atoms with van der Waals surface area (Å²) >= 11 is 9.17. The fourth-order valence-electron chi connectivity index (χ4n) is 1.78. The van der Waals surface area contributed by atoms with Crippen LogP contribution in [0.15, 0.2) is 27.6 Å². The van der Waals surface area contributed by atoms with E-state index in [-0.39, 0.29) is 16.0 Å². The van der Waals surface area contributed by atoms with Crippen molar-refractivity contribution >= 4 is 37.6 Å². The standard InChI is InChI=1S/C11H14BrClN2O2S/c12-8-3-4-9(13)11(5-8)18(16,17)15-10(6-14)7-1-2-7/h3-5,7,10,15H,1-2,6,14H2. The van der Waals surface area contributed by atoms with Crippen LogP contribution in [0.1, 0.15) is 12.8 Å². The van der Waals surface area contributed by atoms with Crippen molar-refractivity contribution in [2.45, 2.75) is 23.8 Å². The lowest BCUT2D eigenvalue weighted by molar-refractivity contribution is 0.519. The summed E-state index contributed by atoms with van der Waals surface area (Å²) in [5.74, 6) is 0.357. The van der Waals surface area contributed by atoms with E-state index in [1.165, 1.54) is 6.07 Å². The van der Waals surface area contributed by atoms with Crippen LogP contribution in [-0.4, -0.2) is 21.0 Å². The lowest BCUT2D eigenvalue weighted by Gasteiger charge is -2.16. The Morgan fingerprint density at radius 2 is 2.17 bits per heavy atom. The molecule has 7 heteroatoms. The number of hydrogen-bond acceptors (Lipinski definition) is 3. The third-order valence-electron chi connectivity index (χ3n) is 2.93. The minimum atomic E-state index is -3.62. The van der Waals surface area contributed by atoms with Gasteiger partial charge in [-0.2, -0.15) is 0 Å². The Kier molecular flexibility index (Phi) is 4.33. The molecule has 1 aliphatic rings. The molecule has 2 rings (SSSR count). The first-order chi connectivity index (χ1) is 8.44. The number of rotatable bonds is 5. The summed E-state index contributed by atoms with van der Waals surface area (Å²) in [7, 11) is -3.62. The molecule has 1 saturated carbocycles. The molecule has 0 bridgehead atoms. The zero-order valence-corrected chi connectivity index (χ0v) is 12.7. The Morgan fingerprint density at radius 1 is 1.50 bits per heavy atom. The van der Waals surface area contributed by atoms with Crippen molar-refractivity contribution in [1.82, 2.24) is 4.72 Å². The average molecular weight is 354 g/mol. The van der Waals surface area contributed by atoms with Gasteiger partial charge >= 0.3 is 0 Å². The minimum absolute atomic E-state index is 0.0811. The number of sulfonamides is 1. The van der Waals surface area contributed by atoms with Crippen molar-refractivity contribution in [2.75, 3.05) is 6.54 Å². The highest BCUT2D eigenvalue weighted by Gasteiger charge is 2.33. The molecule has 1 fully saturated rings. The van der Waals surface area contributed by atoms with Crippen LogP contribution >= 0.6 is 27.5 Å². The van der Waals surface area contributed by atoms with Crippen LogP contribution in [0.25, 0.3) is 0 Å². The van der Waals surface area contributed by atoms with E-state index in [9.17, 15) is 8.42 Å². The van der Waals surface area contributed by atoms with Gasteiger partial charge in [-0.15, -0.1) is 0 Å². The Labute approximate surface area is 120 Å². The molecule has 0 radical (unpaired) electrons. The van der Waals surface area contributed by atoms with Gasteiger partial charge in [0.1, 0.15) is 4.90 Å². The summed E-state index contributed by atoms with van der Waals surface area (Å²) in [6, 6.07) is 4.54. The van der Waals surface area contributed by atoms with Gasteiger partial charge in [-0.1, -0.05) is 27.5 Å². The predicted molar refractivity (Wildman–Crippen MR) is 75.0 cm³/mol. The van der Waals surface area contributed by atoms with E-state index >= 15 is 0 Å². The summed E-state index contributed by atoms with van der Waals surface area (Å²) in [4.78, 5) is 0.0811. The maximum Gasteiger partial charge on any atom is 0.242 e. The number of benzene rings is 1. The van der Waals surface area contributed by atoms with Crippen molar-refractivity contribution in [1.29, 1.82) is 0 Å². The molecule has 1 aromatic rings. The molecule has 0 amide bonds. The molecule has 1 aromatic carbocycles. The third-order valence-corrected chi connectivity index (χ3v) is 5.40. The van der Waals surface area contributed by atoms with E-state index < -0.39 is 10.0 Å². The second kappa shape index (κ2) is 5.46. The quantitative estimate of drug-likeness (QED) is 0.851. The Hall–Kier alpha value is -0.140. The maximum absolute atomic E-state index is 12.2. The van der Waals surface area contributed by atoms with Crippen molar-refractivity contribution in [3.8, 4) is 0 Å². The first-order valence-electron chi connectivity index (χ1n) is 5.61. The van der Waals surface area contributed by atoms with Gasteiger partial charge in [-0.05, 0) is 37.0 Å². The lowest BCUT2D eigenvalue weighted by atomic mass is 10.2. The van der Waals surface area contributed by atoms with Gasteiger partial charge in [-0.3, -0.25) is 0 Å². The van der Waals surface area contributed by atoms with Gasteiger partial charge in [-0.25, -0.2) is 13.1 Å². The molecular weight excluding hydrogens is 340 g/mol. The number of hydrogen-bond donors (Lipinski definition) is 2. The van der Waals surface area contributed by atoms with Crippen LogP contribution in [0.5, 0.6) is 0 Å². The first-order valence-corrected chi connectivity index (χ1v) is 8.27. The average Bonchev–Trinajstić information content (AvgIpc) is 3.13. The monoisotopic (exact) mass is 352 g/mol. The SMILES string of the molecule is NCC(NS(=O)(=O)c1cc(Br)ccc1Cl)C1CC1. The van der Waals surface area contributed by atoms with Gasteiger partial charge < -0.3 is 5.73 Å². The normalized spacial score (nSPS) is 17.7. The molecule has 1 atom stereocenters. The minimum Gasteiger partial charge on any atom is -0.329 e. The largest absolute Gasteiger partial charge is 0.329 e. The van der Waals surface area contributed by atoms with Crippen LogP contribution in [0, 0.1) is 5.92 Å². The van der Waals surface area contributed by atoms with Crippen molar-refractivity contribution in [3.63, 3.8) is 0 Å². The van der Waals surface area contributed by atoms with Crippen molar-refractivity contribution in [2.24, 2.45) is 11.7 Å². The Balaban J connectivity index is 2.26. The smallest absolute Gasteiger partial charge is 0.242 e. The zero-order valence-electron chi connectivity index (χ0n) is 9.57. The number of nitrogens with one attached hydrogen (secondary N) is 1. The van der Waals surface area contributed by atoms with E-state index in [1.807, 2.05) is 0 Å². The maximum atomic E-state index is 12.2. The fourth-order valence-corrected chi connectivity index (χ4v) is 4.14. The van der Waals surface area contributed by atoms with Crippen LogP contribution in [0.4, 0.5) is 0 Å². The molecule has 0 heterocycles. The number of nitrogens with two attached hydrogens (primary N) is 1. The van der Waals surface area contributed by atoms with Gasteiger partial charge in [0, 0.05) is 17.1 Å².